The third-order valence-corrected chi connectivity index (χ3v) is 2.80. The summed E-state index contributed by atoms with van der Waals surface area (Å²) in [5.41, 5.74) is 0.665. The van der Waals surface area contributed by atoms with Gasteiger partial charge in [-0.05, 0) is 17.7 Å². The van der Waals surface area contributed by atoms with E-state index in [2.05, 4.69) is 4.74 Å². The van der Waals surface area contributed by atoms with Crippen LogP contribution in [0.25, 0.3) is 11.1 Å². The molecule has 0 bridgehead atoms. The summed E-state index contributed by atoms with van der Waals surface area (Å²) in [6, 6.07) is 11.5. The number of carbonyl (C=O) groups excluding carboxylic acids is 1. The van der Waals surface area contributed by atoms with Gasteiger partial charge in [-0.15, -0.1) is 0 Å². The third kappa shape index (κ3) is 2.94. The molecule has 0 fully saturated rings. The SMILES string of the molecule is COC(=O)Oc1c(C(=O)O)ccc(-c2ccccc2)c1O. The first-order valence-corrected chi connectivity index (χ1v) is 5.95. The third-order valence-electron chi connectivity index (χ3n) is 2.80. The van der Waals surface area contributed by atoms with E-state index in [1.54, 1.807) is 30.3 Å². The van der Waals surface area contributed by atoms with Crippen LogP contribution in [0.1, 0.15) is 10.4 Å². The van der Waals surface area contributed by atoms with E-state index >= 15 is 0 Å². The highest BCUT2D eigenvalue weighted by molar-refractivity contribution is 5.95. The molecule has 0 unspecified atom stereocenters. The number of rotatable bonds is 3. The molecule has 2 aromatic rings. The quantitative estimate of drug-likeness (QED) is 0.666. The number of hydrogen-bond acceptors (Lipinski definition) is 5. The Labute approximate surface area is 120 Å². The summed E-state index contributed by atoms with van der Waals surface area (Å²) >= 11 is 0. The first-order chi connectivity index (χ1) is 10.0. The Morgan fingerprint density at radius 1 is 1.05 bits per heavy atom. The summed E-state index contributed by atoms with van der Waals surface area (Å²) in [5, 5.41) is 19.3. The van der Waals surface area contributed by atoms with E-state index in [4.69, 9.17) is 9.84 Å². The maximum Gasteiger partial charge on any atom is 0.513 e. The second-order valence-corrected chi connectivity index (χ2v) is 4.07. The number of hydrogen-bond donors (Lipinski definition) is 2. The summed E-state index contributed by atoms with van der Waals surface area (Å²) in [6.45, 7) is 0. The second-order valence-electron chi connectivity index (χ2n) is 4.07. The van der Waals surface area contributed by atoms with Crippen LogP contribution in [0.2, 0.25) is 0 Å². The Kier molecular flexibility index (Phi) is 4.08. The van der Waals surface area contributed by atoms with Gasteiger partial charge in [0.2, 0.25) is 0 Å². The Morgan fingerprint density at radius 2 is 1.71 bits per heavy atom. The fourth-order valence-corrected chi connectivity index (χ4v) is 1.82. The highest BCUT2D eigenvalue weighted by atomic mass is 16.7. The lowest BCUT2D eigenvalue weighted by molar-refractivity contribution is 0.0690. The number of benzene rings is 2. The molecule has 0 saturated carbocycles. The molecule has 6 nitrogen and oxygen atoms in total. The summed E-state index contributed by atoms with van der Waals surface area (Å²) in [4.78, 5) is 22.4. The molecule has 0 heterocycles. The van der Waals surface area contributed by atoms with Gasteiger partial charge in [0.15, 0.2) is 11.5 Å². The summed E-state index contributed by atoms with van der Waals surface area (Å²) in [5.74, 6) is -2.22. The van der Waals surface area contributed by atoms with Crippen LogP contribution < -0.4 is 4.74 Å². The molecule has 0 saturated heterocycles. The van der Waals surface area contributed by atoms with Gasteiger partial charge in [0.25, 0.3) is 0 Å². The van der Waals surface area contributed by atoms with Gasteiger partial charge in [0, 0.05) is 5.56 Å². The molecule has 0 aliphatic heterocycles. The molecule has 2 aromatic carbocycles. The number of ether oxygens (including phenoxy) is 2. The van der Waals surface area contributed by atoms with Crippen LogP contribution in [0.3, 0.4) is 0 Å². The monoisotopic (exact) mass is 288 g/mol. The van der Waals surface area contributed by atoms with Crippen LogP contribution in [0, 0.1) is 0 Å². The van der Waals surface area contributed by atoms with Crippen LogP contribution in [-0.4, -0.2) is 29.4 Å². The van der Waals surface area contributed by atoms with E-state index in [-0.39, 0.29) is 5.56 Å². The number of phenols is 1. The van der Waals surface area contributed by atoms with Crippen molar-refractivity contribution in [1.29, 1.82) is 0 Å². The smallest absolute Gasteiger partial charge is 0.504 e. The Hall–Kier alpha value is -3.02. The van der Waals surface area contributed by atoms with Crippen molar-refractivity contribution >= 4 is 12.1 Å². The lowest BCUT2D eigenvalue weighted by Gasteiger charge is -2.12. The van der Waals surface area contributed by atoms with E-state index in [0.29, 0.717) is 11.1 Å². The van der Waals surface area contributed by atoms with Crippen molar-refractivity contribution in [2.75, 3.05) is 7.11 Å². The molecule has 0 atom stereocenters. The fraction of sp³-hybridized carbons (Fsp3) is 0.0667. The molecule has 2 rings (SSSR count). The van der Waals surface area contributed by atoms with E-state index in [0.717, 1.165) is 7.11 Å². The number of carbonyl (C=O) groups is 2. The minimum Gasteiger partial charge on any atom is -0.504 e. The summed E-state index contributed by atoms with van der Waals surface area (Å²) in [7, 11) is 1.08. The van der Waals surface area contributed by atoms with E-state index in [1.807, 2.05) is 0 Å². The minimum atomic E-state index is -1.33. The summed E-state index contributed by atoms with van der Waals surface area (Å²) < 4.78 is 9.08. The highest BCUT2D eigenvalue weighted by Gasteiger charge is 2.22. The standard InChI is InChI=1S/C15H12O6/c1-20-15(19)21-13-11(14(17)18)8-7-10(12(13)16)9-5-3-2-4-6-9/h2-8,16H,1H3,(H,17,18). The van der Waals surface area contributed by atoms with Gasteiger partial charge in [0.05, 0.1) is 7.11 Å². The number of carboxylic acid groups (broad SMARTS) is 1. The van der Waals surface area contributed by atoms with Crippen LogP contribution in [0.4, 0.5) is 4.79 Å². The molecule has 6 heteroatoms. The van der Waals surface area contributed by atoms with Gasteiger partial charge in [-0.3, -0.25) is 0 Å². The minimum absolute atomic E-state index is 0.336. The van der Waals surface area contributed by atoms with E-state index in [1.165, 1.54) is 12.1 Å². The number of carboxylic acids is 1. The van der Waals surface area contributed by atoms with Crippen LogP contribution in [0.15, 0.2) is 42.5 Å². The molecular formula is C15H12O6. The topological polar surface area (TPSA) is 93.1 Å². The zero-order chi connectivity index (χ0) is 15.4. The van der Waals surface area contributed by atoms with E-state index in [9.17, 15) is 14.7 Å². The summed E-state index contributed by atoms with van der Waals surface area (Å²) in [6.07, 6.45) is -1.11. The molecule has 21 heavy (non-hydrogen) atoms. The maximum atomic E-state index is 11.2. The van der Waals surface area contributed by atoms with Gasteiger partial charge in [-0.2, -0.15) is 0 Å². The molecule has 0 aromatic heterocycles. The Balaban J connectivity index is 2.59. The van der Waals surface area contributed by atoms with Crippen molar-refractivity contribution < 1.29 is 29.3 Å². The number of phenolic OH excluding ortho intramolecular Hbond substituents is 1. The zero-order valence-electron chi connectivity index (χ0n) is 11.1. The predicted octanol–water partition coefficient (Wildman–Crippen LogP) is 2.90. The van der Waals surface area contributed by atoms with Crippen LogP contribution in [0.5, 0.6) is 11.5 Å². The van der Waals surface area contributed by atoms with Crippen molar-refractivity contribution in [2.45, 2.75) is 0 Å². The normalized spacial score (nSPS) is 9.95. The number of methoxy groups -OCH3 is 1. The molecule has 0 amide bonds. The molecular weight excluding hydrogens is 276 g/mol. The van der Waals surface area contributed by atoms with Crippen molar-refractivity contribution in [1.82, 2.24) is 0 Å². The highest BCUT2D eigenvalue weighted by Crippen LogP contribution is 2.39. The second kappa shape index (κ2) is 5.96. The molecule has 0 aliphatic rings. The van der Waals surface area contributed by atoms with Gasteiger partial charge in [-0.25, -0.2) is 9.59 Å². The van der Waals surface area contributed by atoms with E-state index < -0.39 is 23.6 Å². The average molecular weight is 288 g/mol. The first kappa shape index (κ1) is 14.4. The molecule has 2 N–H and O–H groups in total. The zero-order valence-corrected chi connectivity index (χ0v) is 11.1. The fourth-order valence-electron chi connectivity index (χ4n) is 1.82. The van der Waals surface area contributed by atoms with Crippen LogP contribution >= 0.6 is 0 Å². The lowest BCUT2D eigenvalue weighted by Crippen LogP contribution is -2.11. The average Bonchev–Trinajstić information content (AvgIpc) is 2.49. The molecule has 108 valence electrons. The predicted molar refractivity (Wildman–Crippen MR) is 73.5 cm³/mol. The van der Waals surface area contributed by atoms with Gasteiger partial charge >= 0.3 is 12.1 Å². The van der Waals surface area contributed by atoms with Gasteiger partial charge in [-0.1, -0.05) is 30.3 Å². The largest absolute Gasteiger partial charge is 0.513 e. The van der Waals surface area contributed by atoms with Gasteiger partial charge in [0.1, 0.15) is 5.56 Å². The Bertz CT molecular complexity index is 678. The first-order valence-electron chi connectivity index (χ1n) is 5.95. The molecule has 0 aliphatic carbocycles. The number of aromatic hydroxyl groups is 1. The Morgan fingerprint density at radius 3 is 2.29 bits per heavy atom. The van der Waals surface area contributed by atoms with Crippen LogP contribution in [-0.2, 0) is 4.74 Å². The van der Waals surface area contributed by atoms with Crippen molar-refractivity contribution in [2.24, 2.45) is 0 Å². The lowest BCUT2D eigenvalue weighted by atomic mass is 10.0. The van der Waals surface area contributed by atoms with Gasteiger partial charge < -0.3 is 19.7 Å². The van der Waals surface area contributed by atoms with Crippen molar-refractivity contribution in [3.63, 3.8) is 0 Å². The molecule has 0 spiro atoms. The maximum absolute atomic E-state index is 11.2. The number of aromatic carboxylic acids is 1. The molecule has 0 radical (unpaired) electrons. The van der Waals surface area contributed by atoms with Crippen molar-refractivity contribution in [3.05, 3.63) is 48.0 Å². The van der Waals surface area contributed by atoms with Crippen molar-refractivity contribution in [3.8, 4) is 22.6 Å².